The molecule has 0 rings (SSSR count). The fraction of sp³-hybridized carbons (Fsp3) is 0.667. The molecule has 5 heteroatoms. The van der Waals surface area contributed by atoms with Gasteiger partial charge in [-0.25, -0.2) is 0 Å². The van der Waals surface area contributed by atoms with Crippen LogP contribution >= 0.6 is 12.6 Å². The number of rotatable bonds is 3. The predicted molar refractivity (Wildman–Crippen MR) is 43.7 cm³/mol. The third-order valence-electron chi connectivity index (χ3n) is 0.956. The molecule has 2 N–H and O–H groups in total. The summed E-state index contributed by atoms with van der Waals surface area (Å²) in [6.07, 6.45) is 0. The lowest BCUT2D eigenvalue weighted by atomic mass is 10.2. The van der Waals surface area contributed by atoms with Gasteiger partial charge >= 0.3 is 5.97 Å². The second kappa shape index (κ2) is 3.61. The number of aliphatic carboxylic acids is 1. The van der Waals surface area contributed by atoms with Crippen molar-refractivity contribution < 1.29 is 14.7 Å². The van der Waals surface area contributed by atoms with Crippen LogP contribution in [0.3, 0.4) is 0 Å². The molecular formula is C6H11NO3S. The summed E-state index contributed by atoms with van der Waals surface area (Å²) >= 11 is 3.95. The van der Waals surface area contributed by atoms with Crippen LogP contribution in [0.1, 0.15) is 13.8 Å². The SMILES string of the molecule is CC(C)(S)C(=O)NCC(=O)O. The maximum Gasteiger partial charge on any atom is 0.322 e. The molecule has 0 radical (unpaired) electrons. The van der Waals surface area contributed by atoms with E-state index >= 15 is 0 Å². The first-order chi connectivity index (χ1) is 4.84. The van der Waals surface area contributed by atoms with Crippen LogP contribution < -0.4 is 5.32 Å². The minimum Gasteiger partial charge on any atom is -0.480 e. The summed E-state index contributed by atoms with van der Waals surface area (Å²) in [6.45, 7) is 2.82. The zero-order valence-electron chi connectivity index (χ0n) is 6.42. The van der Waals surface area contributed by atoms with Gasteiger partial charge in [-0.3, -0.25) is 9.59 Å². The van der Waals surface area contributed by atoms with Gasteiger partial charge in [-0.1, -0.05) is 0 Å². The number of amides is 1. The van der Waals surface area contributed by atoms with Crippen molar-refractivity contribution >= 4 is 24.5 Å². The molecule has 0 saturated heterocycles. The average molecular weight is 177 g/mol. The number of carboxylic acids is 1. The fourth-order valence-corrected chi connectivity index (χ4v) is 0.451. The van der Waals surface area contributed by atoms with Gasteiger partial charge in [0.15, 0.2) is 0 Å². The van der Waals surface area contributed by atoms with E-state index in [1.54, 1.807) is 13.8 Å². The summed E-state index contributed by atoms with van der Waals surface area (Å²) in [7, 11) is 0. The van der Waals surface area contributed by atoms with Gasteiger partial charge in [-0.15, -0.1) is 0 Å². The Bertz CT molecular complexity index is 173. The highest BCUT2D eigenvalue weighted by Gasteiger charge is 2.22. The molecule has 0 fully saturated rings. The minimum atomic E-state index is -1.06. The third kappa shape index (κ3) is 4.66. The van der Waals surface area contributed by atoms with Crippen LogP contribution in [0.15, 0.2) is 0 Å². The largest absolute Gasteiger partial charge is 0.480 e. The Morgan fingerprint density at radius 1 is 1.55 bits per heavy atom. The number of hydrogen-bond donors (Lipinski definition) is 3. The Balaban J connectivity index is 3.80. The lowest BCUT2D eigenvalue weighted by molar-refractivity contribution is -0.138. The van der Waals surface area contributed by atoms with Crippen LogP contribution in [-0.4, -0.2) is 28.3 Å². The smallest absolute Gasteiger partial charge is 0.322 e. The molecule has 0 aliphatic rings. The van der Waals surface area contributed by atoms with Gasteiger partial charge in [0.1, 0.15) is 6.54 Å². The molecule has 0 atom stereocenters. The Hall–Kier alpha value is -0.710. The monoisotopic (exact) mass is 177 g/mol. The molecule has 1 amide bonds. The zero-order valence-corrected chi connectivity index (χ0v) is 7.31. The molecule has 0 aromatic rings. The second-order valence-corrected chi connectivity index (χ2v) is 3.75. The third-order valence-corrected chi connectivity index (χ3v) is 1.16. The van der Waals surface area contributed by atoms with Gasteiger partial charge < -0.3 is 10.4 Å². The molecule has 11 heavy (non-hydrogen) atoms. The zero-order chi connectivity index (χ0) is 9.07. The molecular weight excluding hydrogens is 166 g/mol. The fourth-order valence-electron chi connectivity index (χ4n) is 0.372. The van der Waals surface area contributed by atoms with Crippen molar-refractivity contribution in [2.75, 3.05) is 6.54 Å². The van der Waals surface area contributed by atoms with E-state index in [0.29, 0.717) is 0 Å². The van der Waals surface area contributed by atoms with E-state index in [1.807, 2.05) is 0 Å². The molecule has 0 aromatic carbocycles. The standard InChI is InChI=1S/C6H11NO3S/c1-6(2,11)5(10)7-3-4(8)9/h11H,3H2,1-2H3,(H,7,10)(H,8,9). The van der Waals surface area contributed by atoms with Crippen LogP contribution in [0.5, 0.6) is 0 Å². The van der Waals surface area contributed by atoms with Crippen LogP contribution in [0, 0.1) is 0 Å². The van der Waals surface area contributed by atoms with Crippen LogP contribution in [0.4, 0.5) is 0 Å². The predicted octanol–water partition coefficient (Wildman–Crippen LogP) is -0.104. The van der Waals surface area contributed by atoms with Crippen LogP contribution in [-0.2, 0) is 9.59 Å². The van der Waals surface area contributed by atoms with Gasteiger partial charge in [0.05, 0.1) is 4.75 Å². The van der Waals surface area contributed by atoms with Gasteiger partial charge in [0, 0.05) is 0 Å². The number of thiol groups is 1. The van der Waals surface area contributed by atoms with E-state index in [4.69, 9.17) is 5.11 Å². The Morgan fingerprint density at radius 2 is 2.00 bits per heavy atom. The molecule has 0 unspecified atom stereocenters. The lowest BCUT2D eigenvalue weighted by Crippen LogP contribution is -2.40. The number of nitrogens with one attached hydrogen (secondary N) is 1. The second-order valence-electron chi connectivity index (χ2n) is 2.64. The molecule has 0 aliphatic heterocycles. The first-order valence-corrected chi connectivity index (χ1v) is 3.51. The maximum absolute atomic E-state index is 10.9. The summed E-state index contributed by atoms with van der Waals surface area (Å²) in [6, 6.07) is 0. The summed E-state index contributed by atoms with van der Waals surface area (Å²) < 4.78 is -0.824. The van der Waals surface area contributed by atoms with E-state index in [-0.39, 0.29) is 12.5 Å². The highest BCUT2D eigenvalue weighted by Crippen LogP contribution is 2.10. The number of hydrogen-bond acceptors (Lipinski definition) is 3. The van der Waals surface area contributed by atoms with Crippen molar-refractivity contribution in [3.05, 3.63) is 0 Å². The Morgan fingerprint density at radius 3 is 2.27 bits per heavy atom. The quantitative estimate of drug-likeness (QED) is 0.527. The summed E-state index contributed by atoms with van der Waals surface area (Å²) in [5.74, 6) is -1.45. The number of carbonyl (C=O) groups excluding carboxylic acids is 1. The normalized spacial score (nSPS) is 10.8. The van der Waals surface area contributed by atoms with Crippen LogP contribution in [0.25, 0.3) is 0 Å². The molecule has 0 saturated carbocycles. The summed E-state index contributed by atoms with van der Waals surface area (Å²) in [5, 5.41) is 10.4. The van der Waals surface area contributed by atoms with Crippen molar-refractivity contribution in [3.8, 4) is 0 Å². The van der Waals surface area contributed by atoms with Crippen molar-refractivity contribution in [1.29, 1.82) is 0 Å². The first-order valence-electron chi connectivity index (χ1n) is 3.06. The van der Waals surface area contributed by atoms with E-state index in [0.717, 1.165) is 0 Å². The molecule has 0 heterocycles. The average Bonchev–Trinajstić information content (AvgIpc) is 1.80. The number of carbonyl (C=O) groups is 2. The van der Waals surface area contributed by atoms with E-state index < -0.39 is 10.7 Å². The molecule has 4 nitrogen and oxygen atoms in total. The van der Waals surface area contributed by atoms with Crippen LogP contribution in [0.2, 0.25) is 0 Å². The van der Waals surface area contributed by atoms with Gasteiger partial charge in [-0.2, -0.15) is 12.6 Å². The maximum atomic E-state index is 10.9. The molecule has 0 aromatic heterocycles. The number of carboxylic acid groups (broad SMARTS) is 1. The topological polar surface area (TPSA) is 66.4 Å². The molecule has 0 bridgehead atoms. The van der Waals surface area contributed by atoms with Gasteiger partial charge in [0.2, 0.25) is 5.91 Å². The summed E-state index contributed by atoms with van der Waals surface area (Å²) in [4.78, 5) is 20.9. The van der Waals surface area contributed by atoms with Crippen molar-refractivity contribution in [3.63, 3.8) is 0 Å². The summed E-state index contributed by atoms with van der Waals surface area (Å²) in [5.41, 5.74) is 0. The van der Waals surface area contributed by atoms with Crippen molar-refractivity contribution in [1.82, 2.24) is 5.32 Å². The first kappa shape index (κ1) is 10.3. The molecule has 64 valence electrons. The van der Waals surface area contributed by atoms with Crippen molar-refractivity contribution in [2.24, 2.45) is 0 Å². The van der Waals surface area contributed by atoms with Gasteiger partial charge in [0.25, 0.3) is 0 Å². The van der Waals surface area contributed by atoms with Gasteiger partial charge in [-0.05, 0) is 13.8 Å². The van der Waals surface area contributed by atoms with E-state index in [9.17, 15) is 9.59 Å². The molecule has 0 spiro atoms. The highest BCUT2D eigenvalue weighted by molar-refractivity contribution is 7.82. The highest BCUT2D eigenvalue weighted by atomic mass is 32.1. The Kier molecular flexibility index (Phi) is 3.38. The van der Waals surface area contributed by atoms with E-state index in [1.165, 1.54) is 0 Å². The van der Waals surface area contributed by atoms with E-state index in [2.05, 4.69) is 17.9 Å². The molecule has 0 aliphatic carbocycles. The van der Waals surface area contributed by atoms with Crippen molar-refractivity contribution in [2.45, 2.75) is 18.6 Å². The lowest BCUT2D eigenvalue weighted by Gasteiger charge is -2.15. The minimum absolute atomic E-state index is 0.358. The Labute approximate surface area is 70.4 Å².